The van der Waals surface area contributed by atoms with E-state index in [4.69, 9.17) is 0 Å². The molecule has 1 aromatic rings. The molecule has 110 valence electrons. The average molecular weight is 274 g/mol. The number of rotatable bonds is 3. The van der Waals surface area contributed by atoms with Crippen LogP contribution >= 0.6 is 0 Å². The number of hydrogen-bond donors (Lipinski definition) is 1. The van der Waals surface area contributed by atoms with E-state index in [1.165, 1.54) is 24.9 Å². The van der Waals surface area contributed by atoms with Crippen molar-refractivity contribution in [2.45, 2.75) is 31.8 Å². The highest BCUT2D eigenvalue weighted by atomic mass is 16.3. The van der Waals surface area contributed by atoms with Gasteiger partial charge in [-0.15, -0.1) is 0 Å². The summed E-state index contributed by atoms with van der Waals surface area (Å²) >= 11 is 0. The average Bonchev–Trinajstić information content (AvgIpc) is 2.51. The lowest BCUT2D eigenvalue weighted by Gasteiger charge is -2.39. The first-order chi connectivity index (χ1) is 9.83. The lowest BCUT2D eigenvalue weighted by molar-refractivity contribution is 0.0453. The molecule has 0 aromatic heterocycles. The van der Waals surface area contributed by atoms with Gasteiger partial charge < -0.3 is 10.0 Å². The van der Waals surface area contributed by atoms with Gasteiger partial charge in [0.25, 0.3) is 0 Å². The predicted molar refractivity (Wildman–Crippen MR) is 83.1 cm³/mol. The van der Waals surface area contributed by atoms with Gasteiger partial charge in [-0.3, -0.25) is 4.90 Å². The molecule has 1 aliphatic heterocycles. The van der Waals surface area contributed by atoms with Gasteiger partial charge in [-0.2, -0.15) is 0 Å². The summed E-state index contributed by atoms with van der Waals surface area (Å²) in [4.78, 5) is 5.01. The highest BCUT2D eigenvalue weighted by Gasteiger charge is 2.26. The van der Waals surface area contributed by atoms with Crippen LogP contribution in [0.1, 0.15) is 25.7 Å². The largest absolute Gasteiger partial charge is 0.393 e. The van der Waals surface area contributed by atoms with E-state index >= 15 is 0 Å². The van der Waals surface area contributed by atoms with Crippen molar-refractivity contribution >= 4 is 5.69 Å². The second kappa shape index (κ2) is 6.59. The highest BCUT2D eigenvalue weighted by molar-refractivity contribution is 5.46. The number of para-hydroxylation sites is 1. The minimum Gasteiger partial charge on any atom is -0.393 e. The molecule has 3 heteroatoms. The van der Waals surface area contributed by atoms with Crippen LogP contribution in [0.15, 0.2) is 30.3 Å². The Morgan fingerprint density at radius 1 is 0.950 bits per heavy atom. The fourth-order valence-corrected chi connectivity index (χ4v) is 3.56. The molecule has 1 saturated carbocycles. The van der Waals surface area contributed by atoms with E-state index in [9.17, 15) is 5.11 Å². The van der Waals surface area contributed by atoms with Crippen LogP contribution < -0.4 is 4.90 Å². The van der Waals surface area contributed by atoms with E-state index in [-0.39, 0.29) is 6.10 Å². The third-order valence-corrected chi connectivity index (χ3v) is 4.86. The molecule has 1 N–H and O–H groups in total. The molecule has 0 radical (unpaired) electrons. The first kappa shape index (κ1) is 13.9. The van der Waals surface area contributed by atoms with E-state index in [2.05, 4.69) is 40.1 Å². The first-order valence-electron chi connectivity index (χ1n) is 8.03. The Balaban J connectivity index is 1.49. The fraction of sp³-hybridized carbons (Fsp3) is 0.647. The lowest BCUT2D eigenvalue weighted by atomic mass is 9.86. The predicted octanol–water partition coefficient (Wildman–Crippen LogP) is 2.36. The summed E-state index contributed by atoms with van der Waals surface area (Å²) in [6.45, 7) is 5.54. The second-order valence-corrected chi connectivity index (χ2v) is 6.24. The monoisotopic (exact) mass is 274 g/mol. The van der Waals surface area contributed by atoms with Crippen LogP contribution in [0.25, 0.3) is 0 Å². The molecule has 1 aromatic carbocycles. The molecular weight excluding hydrogens is 248 g/mol. The van der Waals surface area contributed by atoms with Gasteiger partial charge in [0.15, 0.2) is 0 Å². The molecular formula is C17H26N2O. The van der Waals surface area contributed by atoms with E-state index in [0.717, 1.165) is 39.1 Å². The molecule has 0 unspecified atom stereocenters. The maximum absolute atomic E-state index is 10.1. The third kappa shape index (κ3) is 3.33. The van der Waals surface area contributed by atoms with Crippen molar-refractivity contribution in [1.29, 1.82) is 0 Å². The van der Waals surface area contributed by atoms with Gasteiger partial charge >= 0.3 is 0 Å². The quantitative estimate of drug-likeness (QED) is 0.916. The minimum atomic E-state index is -0.0593. The maximum atomic E-state index is 10.1. The fourth-order valence-electron chi connectivity index (χ4n) is 3.56. The summed E-state index contributed by atoms with van der Waals surface area (Å²) in [5.41, 5.74) is 1.34. The number of nitrogens with zero attached hydrogens (tertiary/aromatic N) is 2. The number of piperazine rings is 1. The molecule has 2 fully saturated rings. The molecule has 2 atom stereocenters. The van der Waals surface area contributed by atoms with Crippen molar-refractivity contribution in [3.05, 3.63) is 30.3 Å². The minimum absolute atomic E-state index is 0.0593. The van der Waals surface area contributed by atoms with Gasteiger partial charge in [-0.25, -0.2) is 0 Å². The Morgan fingerprint density at radius 2 is 1.65 bits per heavy atom. The van der Waals surface area contributed by atoms with E-state index in [1.807, 2.05) is 0 Å². The maximum Gasteiger partial charge on any atom is 0.0580 e. The summed E-state index contributed by atoms with van der Waals surface area (Å²) < 4.78 is 0. The van der Waals surface area contributed by atoms with Gasteiger partial charge in [0.2, 0.25) is 0 Å². The standard InChI is InChI=1S/C17H26N2O/c20-17-9-5-4-6-15(17)14-18-10-12-19(13-11-18)16-7-2-1-3-8-16/h1-3,7-8,15,17,20H,4-6,9-14H2/t15-,17-/m0/s1. The summed E-state index contributed by atoms with van der Waals surface area (Å²) in [5.74, 6) is 0.507. The topological polar surface area (TPSA) is 26.7 Å². The lowest BCUT2D eigenvalue weighted by Crippen LogP contribution is -2.49. The zero-order valence-corrected chi connectivity index (χ0v) is 12.2. The van der Waals surface area contributed by atoms with Gasteiger partial charge in [-0.1, -0.05) is 31.0 Å². The zero-order valence-electron chi connectivity index (χ0n) is 12.2. The number of aliphatic hydroxyl groups is 1. The van der Waals surface area contributed by atoms with Gasteiger partial charge in [0.1, 0.15) is 0 Å². The summed E-state index contributed by atoms with van der Waals surface area (Å²) in [7, 11) is 0. The Labute approximate surface area is 122 Å². The molecule has 20 heavy (non-hydrogen) atoms. The third-order valence-electron chi connectivity index (χ3n) is 4.86. The summed E-state index contributed by atoms with van der Waals surface area (Å²) in [6.07, 6.45) is 4.66. The first-order valence-corrected chi connectivity index (χ1v) is 8.03. The van der Waals surface area contributed by atoms with Crippen LogP contribution in [0.5, 0.6) is 0 Å². The van der Waals surface area contributed by atoms with Gasteiger partial charge in [0.05, 0.1) is 6.10 Å². The number of anilines is 1. The molecule has 1 heterocycles. The van der Waals surface area contributed by atoms with Crippen molar-refractivity contribution in [2.24, 2.45) is 5.92 Å². The molecule has 2 aliphatic rings. The number of benzene rings is 1. The smallest absolute Gasteiger partial charge is 0.0580 e. The Hall–Kier alpha value is -1.06. The van der Waals surface area contributed by atoms with Crippen LogP contribution in [0, 0.1) is 5.92 Å². The van der Waals surface area contributed by atoms with Crippen molar-refractivity contribution in [3.63, 3.8) is 0 Å². The molecule has 0 bridgehead atoms. The second-order valence-electron chi connectivity index (χ2n) is 6.24. The molecule has 1 saturated heterocycles. The summed E-state index contributed by atoms with van der Waals surface area (Å²) in [5, 5.41) is 10.1. The van der Waals surface area contributed by atoms with Crippen molar-refractivity contribution in [1.82, 2.24) is 4.90 Å². The molecule has 3 rings (SSSR count). The van der Waals surface area contributed by atoms with Crippen LogP contribution in [0.4, 0.5) is 5.69 Å². The molecule has 0 spiro atoms. The summed E-state index contributed by atoms with van der Waals surface area (Å²) in [6, 6.07) is 10.7. The van der Waals surface area contributed by atoms with Crippen molar-refractivity contribution in [2.75, 3.05) is 37.6 Å². The Bertz CT molecular complexity index is 401. The van der Waals surface area contributed by atoms with Crippen LogP contribution in [-0.4, -0.2) is 48.8 Å². The normalized spacial score (nSPS) is 28.6. The van der Waals surface area contributed by atoms with E-state index in [1.54, 1.807) is 0 Å². The Morgan fingerprint density at radius 3 is 2.35 bits per heavy atom. The SMILES string of the molecule is O[C@H]1CCCC[C@H]1CN1CCN(c2ccccc2)CC1. The van der Waals surface area contributed by atoms with Crippen molar-refractivity contribution in [3.8, 4) is 0 Å². The number of aliphatic hydroxyl groups excluding tert-OH is 1. The highest BCUT2D eigenvalue weighted by Crippen LogP contribution is 2.26. The zero-order chi connectivity index (χ0) is 13.8. The van der Waals surface area contributed by atoms with Crippen LogP contribution in [0.3, 0.4) is 0 Å². The van der Waals surface area contributed by atoms with Gasteiger partial charge in [-0.05, 0) is 30.9 Å². The van der Waals surface area contributed by atoms with E-state index < -0.39 is 0 Å². The van der Waals surface area contributed by atoms with Crippen LogP contribution in [0.2, 0.25) is 0 Å². The van der Waals surface area contributed by atoms with Crippen LogP contribution in [-0.2, 0) is 0 Å². The van der Waals surface area contributed by atoms with Crippen molar-refractivity contribution < 1.29 is 5.11 Å². The van der Waals surface area contributed by atoms with Gasteiger partial charge in [0, 0.05) is 38.4 Å². The molecule has 0 amide bonds. The number of hydrogen-bond acceptors (Lipinski definition) is 3. The van der Waals surface area contributed by atoms with E-state index in [0.29, 0.717) is 5.92 Å². The molecule has 3 nitrogen and oxygen atoms in total. The Kier molecular flexibility index (Phi) is 4.58. The molecule has 1 aliphatic carbocycles.